The number of aryl methyl sites for hydroxylation is 1. The Labute approximate surface area is 175 Å². The van der Waals surface area contributed by atoms with Crippen molar-refractivity contribution < 1.29 is 35.5 Å². The van der Waals surface area contributed by atoms with Crippen molar-refractivity contribution in [2.45, 2.75) is 13.0 Å². The van der Waals surface area contributed by atoms with E-state index < -0.39 is 46.5 Å². The maximum Gasteiger partial charge on any atom is 0.432 e. The van der Waals surface area contributed by atoms with Crippen molar-refractivity contribution >= 4 is 21.4 Å². The second-order valence-electron chi connectivity index (χ2n) is 6.74. The number of hydrogen-bond acceptors (Lipinski definition) is 2. The summed E-state index contributed by atoms with van der Waals surface area (Å²) in [6.45, 7) is 1.90. The number of alkyl halides is 2. The van der Waals surface area contributed by atoms with Crippen LogP contribution in [0.15, 0.2) is 48.5 Å². The fraction of sp³-hybridized carbons (Fsp3) is 0.0909. The van der Waals surface area contributed by atoms with Crippen LogP contribution in [0.5, 0.6) is 5.75 Å². The molecule has 3 aromatic carbocycles. The molecule has 0 aliphatic carbocycles. The summed E-state index contributed by atoms with van der Waals surface area (Å²) >= 11 is 1.47. The van der Waals surface area contributed by atoms with Crippen LogP contribution >= 0.6 is 11.3 Å². The van der Waals surface area contributed by atoms with Crippen molar-refractivity contribution in [3.05, 3.63) is 88.1 Å². The summed E-state index contributed by atoms with van der Waals surface area (Å²) < 4.78 is 102. The Kier molecular flexibility index (Phi) is 5.17. The first-order valence-electron chi connectivity index (χ1n) is 8.76. The van der Waals surface area contributed by atoms with Crippen LogP contribution in [0, 0.1) is 36.0 Å². The molecule has 0 aliphatic rings. The minimum Gasteiger partial charge on any atom is -0.429 e. The second-order valence-corrected chi connectivity index (χ2v) is 8.03. The lowest BCUT2D eigenvalue weighted by atomic mass is 10.0. The van der Waals surface area contributed by atoms with E-state index in [2.05, 4.69) is 4.74 Å². The summed E-state index contributed by atoms with van der Waals surface area (Å²) in [5.74, 6) is -9.85. The fourth-order valence-electron chi connectivity index (χ4n) is 3.15. The van der Waals surface area contributed by atoms with E-state index in [1.54, 1.807) is 18.2 Å². The van der Waals surface area contributed by atoms with E-state index in [1.165, 1.54) is 11.3 Å². The normalized spacial score (nSPS) is 11.9. The van der Waals surface area contributed by atoms with Crippen molar-refractivity contribution in [1.29, 1.82) is 0 Å². The zero-order chi connectivity index (χ0) is 22.5. The summed E-state index contributed by atoms with van der Waals surface area (Å²) in [6, 6.07) is 8.68. The lowest BCUT2D eigenvalue weighted by molar-refractivity contribution is -0.189. The van der Waals surface area contributed by atoms with Crippen molar-refractivity contribution in [3.8, 4) is 16.9 Å². The summed E-state index contributed by atoms with van der Waals surface area (Å²) in [7, 11) is 0. The molecule has 4 rings (SSSR count). The number of halogens is 7. The number of thiophene rings is 1. The third-order valence-electron chi connectivity index (χ3n) is 4.51. The van der Waals surface area contributed by atoms with E-state index in [4.69, 9.17) is 0 Å². The maximum absolute atomic E-state index is 14.5. The highest BCUT2D eigenvalue weighted by Crippen LogP contribution is 2.38. The Morgan fingerprint density at radius 3 is 1.97 bits per heavy atom. The molecule has 0 atom stereocenters. The van der Waals surface area contributed by atoms with Gasteiger partial charge in [0, 0.05) is 21.7 Å². The topological polar surface area (TPSA) is 9.23 Å². The van der Waals surface area contributed by atoms with Crippen molar-refractivity contribution in [2.75, 3.05) is 0 Å². The van der Waals surface area contributed by atoms with Crippen LogP contribution in [0.3, 0.4) is 0 Å². The SMILES string of the molecule is Cc1cc2ccc(-c3cc(F)c(C(F)(F)Oc4cc(F)c(F)c(F)c4)c(F)c3)cc2s1. The molecule has 4 aromatic rings. The molecule has 0 spiro atoms. The van der Waals surface area contributed by atoms with Gasteiger partial charge in [-0.3, -0.25) is 0 Å². The van der Waals surface area contributed by atoms with Gasteiger partial charge in [0.05, 0.1) is 0 Å². The zero-order valence-electron chi connectivity index (χ0n) is 15.6. The Balaban J connectivity index is 1.71. The van der Waals surface area contributed by atoms with Gasteiger partial charge in [0.2, 0.25) is 0 Å². The summed E-state index contributed by atoms with van der Waals surface area (Å²) in [6.07, 6.45) is -4.63. The molecule has 160 valence electrons. The van der Waals surface area contributed by atoms with Gasteiger partial charge in [-0.1, -0.05) is 12.1 Å². The molecule has 0 unspecified atom stereocenters. The van der Waals surface area contributed by atoms with Gasteiger partial charge >= 0.3 is 6.11 Å². The van der Waals surface area contributed by atoms with E-state index in [9.17, 15) is 30.7 Å². The average Bonchev–Trinajstić information content (AvgIpc) is 3.04. The zero-order valence-corrected chi connectivity index (χ0v) is 16.4. The van der Waals surface area contributed by atoms with Crippen LogP contribution < -0.4 is 4.74 Å². The number of rotatable bonds is 4. The molecular weight excluding hydrogens is 445 g/mol. The minimum atomic E-state index is -4.63. The number of hydrogen-bond donors (Lipinski definition) is 0. The molecule has 1 nitrogen and oxygen atoms in total. The summed E-state index contributed by atoms with van der Waals surface area (Å²) in [4.78, 5) is 1.03. The molecular formula is C22H11F7OS. The van der Waals surface area contributed by atoms with E-state index >= 15 is 0 Å². The standard InChI is InChI=1S/C22H11F7OS/c1-10-4-12-3-2-11(7-19(12)31-10)13-5-15(23)20(16(24)6-13)22(28,29)30-14-8-17(25)21(27)18(26)9-14/h2-9H,1H3. The van der Waals surface area contributed by atoms with Crippen LogP contribution in [-0.4, -0.2) is 0 Å². The lowest BCUT2D eigenvalue weighted by Gasteiger charge is -2.20. The largest absolute Gasteiger partial charge is 0.432 e. The second kappa shape index (κ2) is 7.56. The summed E-state index contributed by atoms with van der Waals surface area (Å²) in [5, 5.41) is 0.933. The number of fused-ring (bicyclic) bond motifs is 1. The average molecular weight is 456 g/mol. The number of ether oxygens (including phenoxy) is 1. The third-order valence-corrected chi connectivity index (χ3v) is 5.53. The first kappa shape index (κ1) is 21.2. The molecule has 1 heterocycles. The Hall–Kier alpha value is -3.07. The van der Waals surface area contributed by atoms with Gasteiger partial charge in [-0.15, -0.1) is 11.3 Å². The van der Waals surface area contributed by atoms with Gasteiger partial charge < -0.3 is 4.74 Å². The monoisotopic (exact) mass is 456 g/mol. The van der Waals surface area contributed by atoms with E-state index in [0.717, 1.165) is 15.0 Å². The highest BCUT2D eigenvalue weighted by molar-refractivity contribution is 7.19. The van der Waals surface area contributed by atoms with Crippen molar-refractivity contribution in [1.82, 2.24) is 0 Å². The van der Waals surface area contributed by atoms with Gasteiger partial charge in [0.1, 0.15) is 22.9 Å². The highest BCUT2D eigenvalue weighted by Gasteiger charge is 2.41. The molecule has 0 bridgehead atoms. The van der Waals surface area contributed by atoms with Crippen LogP contribution in [-0.2, 0) is 6.11 Å². The Bertz CT molecular complexity index is 1270. The summed E-state index contributed by atoms with van der Waals surface area (Å²) in [5.41, 5.74) is -1.32. The van der Waals surface area contributed by atoms with E-state index in [1.807, 2.05) is 13.0 Å². The smallest absolute Gasteiger partial charge is 0.429 e. The highest BCUT2D eigenvalue weighted by atomic mass is 32.1. The molecule has 31 heavy (non-hydrogen) atoms. The lowest BCUT2D eigenvalue weighted by Crippen LogP contribution is -2.25. The molecule has 0 saturated heterocycles. The predicted molar refractivity (Wildman–Crippen MR) is 103 cm³/mol. The Morgan fingerprint density at radius 1 is 0.742 bits per heavy atom. The first-order valence-corrected chi connectivity index (χ1v) is 9.58. The maximum atomic E-state index is 14.5. The fourth-order valence-corrected chi connectivity index (χ4v) is 4.12. The molecule has 0 radical (unpaired) electrons. The minimum absolute atomic E-state index is 0.0152. The third kappa shape index (κ3) is 3.97. The van der Waals surface area contributed by atoms with Crippen LogP contribution in [0.4, 0.5) is 30.7 Å². The molecule has 0 saturated carbocycles. The van der Waals surface area contributed by atoms with Crippen molar-refractivity contribution in [3.63, 3.8) is 0 Å². The van der Waals surface area contributed by atoms with Gasteiger partial charge in [0.15, 0.2) is 17.5 Å². The molecule has 0 N–H and O–H groups in total. The quantitative estimate of drug-likeness (QED) is 0.226. The van der Waals surface area contributed by atoms with E-state index in [-0.39, 0.29) is 17.7 Å². The van der Waals surface area contributed by atoms with Crippen molar-refractivity contribution in [2.24, 2.45) is 0 Å². The molecule has 1 aromatic heterocycles. The van der Waals surface area contributed by atoms with Gasteiger partial charge in [-0.05, 0) is 47.7 Å². The molecule has 0 aliphatic heterocycles. The van der Waals surface area contributed by atoms with Gasteiger partial charge in [-0.25, -0.2) is 22.0 Å². The van der Waals surface area contributed by atoms with Gasteiger partial charge in [-0.2, -0.15) is 8.78 Å². The van der Waals surface area contributed by atoms with Gasteiger partial charge in [0.25, 0.3) is 0 Å². The molecule has 0 amide bonds. The molecule has 9 heteroatoms. The molecule has 0 fully saturated rings. The Morgan fingerprint density at radius 2 is 1.35 bits per heavy atom. The first-order chi connectivity index (χ1) is 14.5. The van der Waals surface area contributed by atoms with Crippen LogP contribution in [0.2, 0.25) is 0 Å². The van der Waals surface area contributed by atoms with Crippen LogP contribution in [0.1, 0.15) is 10.4 Å². The van der Waals surface area contributed by atoms with E-state index in [0.29, 0.717) is 17.7 Å². The number of benzene rings is 3. The van der Waals surface area contributed by atoms with Crippen LogP contribution in [0.25, 0.3) is 21.2 Å². The predicted octanol–water partition coefficient (Wildman–Crippen LogP) is 7.70.